The molecule has 18 heavy (non-hydrogen) atoms. The molecule has 0 aromatic heterocycles. The lowest BCUT2D eigenvalue weighted by Gasteiger charge is -2.41. The maximum Gasteiger partial charge on any atom is 0.183 e. The molecule has 0 saturated heterocycles. The van der Waals surface area contributed by atoms with Gasteiger partial charge in [0, 0.05) is 5.56 Å². The third-order valence-electron chi connectivity index (χ3n) is 4.00. The van der Waals surface area contributed by atoms with Gasteiger partial charge >= 0.3 is 0 Å². The Kier molecular flexibility index (Phi) is 5.54. The van der Waals surface area contributed by atoms with Crippen LogP contribution in [0.25, 0.3) is 0 Å². The van der Waals surface area contributed by atoms with Crippen LogP contribution in [-0.2, 0) is 0 Å². The monoisotopic (exact) mass is 247 g/mol. The zero-order valence-electron chi connectivity index (χ0n) is 12.1. The second-order valence-corrected chi connectivity index (χ2v) is 4.61. The van der Waals surface area contributed by atoms with Gasteiger partial charge < -0.3 is 0 Å². The fraction of sp³-hybridized carbons (Fsp3) is 0.562. The van der Waals surface area contributed by atoms with Gasteiger partial charge in [0.25, 0.3) is 0 Å². The number of hydrogen-bond donors (Lipinski definition) is 0. The van der Waals surface area contributed by atoms with E-state index < -0.39 is 0 Å². The van der Waals surface area contributed by atoms with Gasteiger partial charge in [-0.05, 0) is 25.9 Å². The smallest absolute Gasteiger partial charge is 0.183 e. The van der Waals surface area contributed by atoms with Gasteiger partial charge in [-0.2, -0.15) is 0 Å². The van der Waals surface area contributed by atoms with Gasteiger partial charge in [0.2, 0.25) is 0 Å². The van der Waals surface area contributed by atoms with Gasteiger partial charge in [-0.1, -0.05) is 58.0 Å². The van der Waals surface area contributed by atoms with Crippen LogP contribution in [0.3, 0.4) is 0 Å². The fourth-order valence-corrected chi connectivity index (χ4v) is 2.85. The van der Waals surface area contributed by atoms with Gasteiger partial charge in [-0.15, -0.1) is 0 Å². The van der Waals surface area contributed by atoms with Crippen molar-refractivity contribution in [2.75, 3.05) is 13.1 Å². The van der Waals surface area contributed by atoms with Crippen LogP contribution < -0.4 is 0 Å². The zero-order chi connectivity index (χ0) is 13.6. The van der Waals surface area contributed by atoms with Crippen LogP contribution >= 0.6 is 0 Å². The fourth-order valence-electron chi connectivity index (χ4n) is 2.85. The Morgan fingerprint density at radius 2 is 1.50 bits per heavy atom. The molecular weight excluding hydrogens is 222 g/mol. The topological polar surface area (TPSA) is 20.3 Å². The molecule has 0 heterocycles. The highest BCUT2D eigenvalue weighted by molar-refractivity contribution is 6.03. The molecule has 0 N–H and O–H groups in total. The molecule has 0 fully saturated rings. The van der Waals surface area contributed by atoms with E-state index >= 15 is 0 Å². The van der Waals surface area contributed by atoms with Crippen molar-refractivity contribution in [3.8, 4) is 0 Å². The van der Waals surface area contributed by atoms with Crippen LogP contribution in [0.5, 0.6) is 0 Å². The van der Waals surface area contributed by atoms with E-state index in [9.17, 15) is 4.79 Å². The number of Topliss-reactive ketones (excluding diaryl/α,β-unsaturated/α-hetero) is 1. The molecule has 2 nitrogen and oxygen atoms in total. The number of benzene rings is 1. The molecule has 0 unspecified atom stereocenters. The summed E-state index contributed by atoms with van der Waals surface area (Å²) in [5.74, 6) is 0.261. The normalized spacial score (nSPS) is 11.8. The number of carbonyl (C=O) groups excluding carboxylic acids is 1. The molecule has 0 spiro atoms. The average molecular weight is 247 g/mol. The highest BCUT2D eigenvalue weighted by Gasteiger charge is 2.39. The lowest BCUT2D eigenvalue weighted by molar-refractivity contribution is 0.0535. The standard InChI is InChI=1S/C16H25NO/c1-5-16(6-2,17(7-3)8-4)15(18)14-12-10-9-11-13-14/h9-13H,5-8H2,1-4H3. The van der Waals surface area contributed by atoms with Crippen molar-refractivity contribution in [1.82, 2.24) is 4.90 Å². The first-order valence-corrected chi connectivity index (χ1v) is 7.01. The van der Waals surface area contributed by atoms with Crippen molar-refractivity contribution < 1.29 is 4.79 Å². The first-order valence-electron chi connectivity index (χ1n) is 7.01. The Morgan fingerprint density at radius 3 is 1.89 bits per heavy atom. The maximum atomic E-state index is 12.8. The average Bonchev–Trinajstić information content (AvgIpc) is 2.45. The third-order valence-corrected chi connectivity index (χ3v) is 4.00. The molecule has 0 saturated carbocycles. The van der Waals surface area contributed by atoms with Crippen molar-refractivity contribution in [2.45, 2.75) is 46.1 Å². The Morgan fingerprint density at radius 1 is 1.00 bits per heavy atom. The van der Waals surface area contributed by atoms with Gasteiger partial charge in [0.05, 0.1) is 5.54 Å². The minimum Gasteiger partial charge on any atom is -0.292 e. The Labute approximate surface area is 111 Å². The van der Waals surface area contributed by atoms with E-state index in [1.54, 1.807) is 0 Å². The van der Waals surface area contributed by atoms with Crippen LogP contribution in [0.1, 0.15) is 50.9 Å². The Bertz CT molecular complexity index is 364. The highest BCUT2D eigenvalue weighted by atomic mass is 16.1. The minimum atomic E-state index is -0.342. The molecule has 0 radical (unpaired) electrons. The number of rotatable bonds is 7. The summed E-state index contributed by atoms with van der Waals surface area (Å²) in [6, 6.07) is 9.67. The summed E-state index contributed by atoms with van der Waals surface area (Å²) in [5.41, 5.74) is 0.485. The summed E-state index contributed by atoms with van der Waals surface area (Å²) in [5, 5.41) is 0. The van der Waals surface area contributed by atoms with E-state index in [-0.39, 0.29) is 11.3 Å². The predicted molar refractivity (Wildman–Crippen MR) is 77.0 cm³/mol. The number of nitrogens with zero attached hydrogens (tertiary/aromatic N) is 1. The van der Waals surface area contributed by atoms with E-state index in [1.807, 2.05) is 30.3 Å². The molecule has 0 aliphatic heterocycles. The van der Waals surface area contributed by atoms with E-state index in [2.05, 4.69) is 32.6 Å². The molecular formula is C16H25NO. The molecule has 0 amide bonds. The predicted octanol–water partition coefficient (Wildman–Crippen LogP) is 3.77. The van der Waals surface area contributed by atoms with Crippen molar-refractivity contribution in [3.63, 3.8) is 0 Å². The minimum absolute atomic E-state index is 0.261. The van der Waals surface area contributed by atoms with Crippen molar-refractivity contribution in [3.05, 3.63) is 35.9 Å². The van der Waals surface area contributed by atoms with E-state index in [1.165, 1.54) is 0 Å². The SMILES string of the molecule is CCN(CC)C(CC)(CC)C(=O)c1ccccc1. The van der Waals surface area contributed by atoms with Crippen LogP contribution in [0.2, 0.25) is 0 Å². The highest BCUT2D eigenvalue weighted by Crippen LogP contribution is 2.28. The second kappa shape index (κ2) is 6.69. The Hall–Kier alpha value is -1.15. The number of carbonyl (C=O) groups is 1. The lowest BCUT2D eigenvalue weighted by Crippen LogP contribution is -2.53. The molecule has 1 rings (SSSR count). The quantitative estimate of drug-likeness (QED) is 0.684. The van der Waals surface area contributed by atoms with Gasteiger partial charge in [-0.25, -0.2) is 0 Å². The summed E-state index contributed by atoms with van der Waals surface area (Å²) >= 11 is 0. The van der Waals surface area contributed by atoms with Crippen LogP contribution in [0.4, 0.5) is 0 Å². The lowest BCUT2D eigenvalue weighted by atomic mass is 9.82. The van der Waals surface area contributed by atoms with Crippen LogP contribution in [0.15, 0.2) is 30.3 Å². The number of ketones is 1. The van der Waals surface area contributed by atoms with Gasteiger partial charge in [0.1, 0.15) is 0 Å². The summed E-state index contributed by atoms with van der Waals surface area (Å²) < 4.78 is 0. The maximum absolute atomic E-state index is 12.8. The van der Waals surface area contributed by atoms with E-state index in [0.29, 0.717) is 0 Å². The summed E-state index contributed by atoms with van der Waals surface area (Å²) in [7, 11) is 0. The molecule has 1 aromatic rings. The van der Waals surface area contributed by atoms with Crippen molar-refractivity contribution in [1.29, 1.82) is 0 Å². The zero-order valence-corrected chi connectivity index (χ0v) is 12.1. The third kappa shape index (κ3) is 2.64. The van der Waals surface area contributed by atoms with Crippen LogP contribution in [0, 0.1) is 0 Å². The molecule has 2 heteroatoms. The van der Waals surface area contributed by atoms with E-state index in [0.717, 1.165) is 31.5 Å². The van der Waals surface area contributed by atoms with Gasteiger partial charge in [-0.3, -0.25) is 9.69 Å². The second-order valence-electron chi connectivity index (χ2n) is 4.61. The van der Waals surface area contributed by atoms with Crippen molar-refractivity contribution in [2.24, 2.45) is 0 Å². The summed E-state index contributed by atoms with van der Waals surface area (Å²) in [4.78, 5) is 15.1. The molecule has 0 aliphatic rings. The van der Waals surface area contributed by atoms with Gasteiger partial charge in [0.15, 0.2) is 5.78 Å². The molecule has 0 bridgehead atoms. The summed E-state index contributed by atoms with van der Waals surface area (Å²) in [6.45, 7) is 10.3. The molecule has 0 atom stereocenters. The number of hydrogen-bond acceptors (Lipinski definition) is 2. The molecule has 100 valence electrons. The first kappa shape index (κ1) is 14.9. The Balaban J connectivity index is 3.16. The largest absolute Gasteiger partial charge is 0.292 e. The molecule has 1 aromatic carbocycles. The molecule has 0 aliphatic carbocycles. The summed E-state index contributed by atoms with van der Waals surface area (Å²) in [6.07, 6.45) is 1.72. The first-order chi connectivity index (χ1) is 8.66. The van der Waals surface area contributed by atoms with E-state index in [4.69, 9.17) is 0 Å². The van der Waals surface area contributed by atoms with Crippen LogP contribution in [-0.4, -0.2) is 29.3 Å². The number of likely N-dealkylation sites (N-methyl/N-ethyl adjacent to an activating group) is 1. The van der Waals surface area contributed by atoms with Crippen molar-refractivity contribution >= 4 is 5.78 Å².